The standard InChI is InChI=1S/C20H22N4O3S/c1-24-19(15-7-5-9-17(11-15)27-3)22-23-20(24)28-13-18(25)21-12-14-6-4-8-16(10-14)26-2/h4-11H,12-13H2,1-3H3,(H,21,25). The maximum absolute atomic E-state index is 12.2. The summed E-state index contributed by atoms with van der Waals surface area (Å²) in [6.07, 6.45) is 0. The summed E-state index contributed by atoms with van der Waals surface area (Å²) in [5.74, 6) is 2.43. The van der Waals surface area contributed by atoms with E-state index in [9.17, 15) is 4.79 Å². The Morgan fingerprint density at radius 1 is 1.07 bits per heavy atom. The molecule has 3 rings (SSSR count). The maximum atomic E-state index is 12.2. The lowest BCUT2D eigenvalue weighted by Gasteiger charge is -2.07. The van der Waals surface area contributed by atoms with E-state index in [2.05, 4.69) is 15.5 Å². The van der Waals surface area contributed by atoms with Gasteiger partial charge in [-0.2, -0.15) is 0 Å². The third-order valence-electron chi connectivity index (χ3n) is 4.12. The van der Waals surface area contributed by atoms with Crippen molar-refractivity contribution in [3.63, 3.8) is 0 Å². The number of methoxy groups -OCH3 is 2. The Kier molecular flexibility index (Phi) is 6.54. The van der Waals surface area contributed by atoms with E-state index in [-0.39, 0.29) is 11.7 Å². The van der Waals surface area contributed by atoms with E-state index in [1.54, 1.807) is 14.2 Å². The van der Waals surface area contributed by atoms with Crippen molar-refractivity contribution in [3.05, 3.63) is 54.1 Å². The van der Waals surface area contributed by atoms with Crippen LogP contribution in [0.4, 0.5) is 0 Å². The molecule has 0 bridgehead atoms. The van der Waals surface area contributed by atoms with E-state index >= 15 is 0 Å². The molecule has 0 aliphatic heterocycles. The normalized spacial score (nSPS) is 10.5. The monoisotopic (exact) mass is 398 g/mol. The number of benzene rings is 2. The quantitative estimate of drug-likeness (QED) is 0.588. The molecule has 28 heavy (non-hydrogen) atoms. The first-order chi connectivity index (χ1) is 13.6. The molecular formula is C20H22N4O3S. The van der Waals surface area contributed by atoms with Crippen LogP contribution in [0.15, 0.2) is 53.7 Å². The predicted octanol–water partition coefficient (Wildman–Crippen LogP) is 2.91. The molecule has 7 nitrogen and oxygen atoms in total. The van der Waals surface area contributed by atoms with E-state index in [4.69, 9.17) is 9.47 Å². The van der Waals surface area contributed by atoms with Crippen molar-refractivity contribution < 1.29 is 14.3 Å². The van der Waals surface area contributed by atoms with Gasteiger partial charge >= 0.3 is 0 Å². The number of carbonyl (C=O) groups excluding carboxylic acids is 1. The van der Waals surface area contributed by atoms with E-state index in [1.807, 2.05) is 60.1 Å². The summed E-state index contributed by atoms with van der Waals surface area (Å²) < 4.78 is 12.3. The first-order valence-electron chi connectivity index (χ1n) is 8.67. The molecule has 0 aliphatic rings. The predicted molar refractivity (Wildman–Crippen MR) is 109 cm³/mol. The lowest BCUT2D eigenvalue weighted by molar-refractivity contribution is -0.118. The van der Waals surface area contributed by atoms with Gasteiger partial charge in [0.05, 0.1) is 20.0 Å². The molecule has 2 aromatic carbocycles. The number of ether oxygens (including phenoxy) is 2. The second kappa shape index (κ2) is 9.27. The highest BCUT2D eigenvalue weighted by Gasteiger charge is 2.13. The Hall–Kier alpha value is -3.00. The zero-order valence-corrected chi connectivity index (χ0v) is 16.8. The number of nitrogens with one attached hydrogen (secondary N) is 1. The molecule has 1 aromatic heterocycles. The number of carbonyl (C=O) groups is 1. The highest BCUT2D eigenvalue weighted by Crippen LogP contribution is 2.25. The van der Waals surface area contributed by atoms with Gasteiger partial charge < -0.3 is 19.4 Å². The molecule has 1 amide bonds. The van der Waals surface area contributed by atoms with Crippen LogP contribution in [-0.2, 0) is 18.4 Å². The first kappa shape index (κ1) is 19.8. The van der Waals surface area contributed by atoms with Crippen molar-refractivity contribution in [2.45, 2.75) is 11.7 Å². The molecule has 0 unspecified atom stereocenters. The largest absolute Gasteiger partial charge is 0.497 e. The van der Waals surface area contributed by atoms with Crippen molar-refractivity contribution in [2.24, 2.45) is 7.05 Å². The number of thioether (sulfide) groups is 1. The molecule has 0 aliphatic carbocycles. The minimum Gasteiger partial charge on any atom is -0.497 e. The van der Waals surface area contributed by atoms with Crippen molar-refractivity contribution in [1.29, 1.82) is 0 Å². The SMILES string of the molecule is COc1cccc(CNC(=O)CSc2nnc(-c3cccc(OC)c3)n2C)c1. The van der Waals surface area contributed by atoms with Gasteiger partial charge in [0.25, 0.3) is 0 Å². The molecule has 1 heterocycles. The molecule has 146 valence electrons. The van der Waals surface area contributed by atoms with Gasteiger partial charge in [0, 0.05) is 19.2 Å². The molecular weight excluding hydrogens is 376 g/mol. The third kappa shape index (κ3) is 4.83. The fourth-order valence-corrected chi connectivity index (χ4v) is 3.36. The Morgan fingerprint density at radius 2 is 1.79 bits per heavy atom. The van der Waals surface area contributed by atoms with Crippen molar-refractivity contribution >= 4 is 17.7 Å². The minimum atomic E-state index is -0.0706. The van der Waals surface area contributed by atoms with Crippen LogP contribution >= 0.6 is 11.8 Å². The molecule has 0 atom stereocenters. The fraction of sp³-hybridized carbons (Fsp3) is 0.250. The van der Waals surface area contributed by atoms with Crippen molar-refractivity contribution in [1.82, 2.24) is 20.1 Å². The van der Waals surface area contributed by atoms with Gasteiger partial charge in [-0.05, 0) is 29.8 Å². The molecule has 0 saturated heterocycles. The minimum absolute atomic E-state index is 0.0706. The molecule has 1 N–H and O–H groups in total. The Morgan fingerprint density at radius 3 is 2.54 bits per heavy atom. The van der Waals surface area contributed by atoms with Gasteiger partial charge in [0.15, 0.2) is 11.0 Å². The van der Waals surface area contributed by atoms with E-state index in [0.29, 0.717) is 11.7 Å². The van der Waals surface area contributed by atoms with Crippen LogP contribution in [0.1, 0.15) is 5.56 Å². The summed E-state index contributed by atoms with van der Waals surface area (Å²) in [5.41, 5.74) is 1.89. The Labute approximate surface area is 168 Å². The number of hydrogen-bond donors (Lipinski definition) is 1. The van der Waals surface area contributed by atoms with Crippen LogP contribution in [-0.4, -0.2) is 40.6 Å². The summed E-state index contributed by atoms with van der Waals surface area (Å²) >= 11 is 1.34. The number of aromatic nitrogens is 3. The molecule has 3 aromatic rings. The number of rotatable bonds is 8. The summed E-state index contributed by atoms with van der Waals surface area (Å²) in [6, 6.07) is 15.2. The van der Waals surface area contributed by atoms with Crippen LogP contribution in [0.3, 0.4) is 0 Å². The summed E-state index contributed by atoms with van der Waals surface area (Å²) in [6.45, 7) is 0.449. The lowest BCUT2D eigenvalue weighted by atomic mass is 10.2. The van der Waals surface area contributed by atoms with Crippen LogP contribution in [0, 0.1) is 0 Å². The van der Waals surface area contributed by atoms with E-state index in [0.717, 1.165) is 28.5 Å². The van der Waals surface area contributed by atoms with Crippen LogP contribution in [0.25, 0.3) is 11.4 Å². The van der Waals surface area contributed by atoms with Gasteiger partial charge in [-0.3, -0.25) is 4.79 Å². The molecule has 0 spiro atoms. The van der Waals surface area contributed by atoms with Gasteiger partial charge in [0.1, 0.15) is 11.5 Å². The Bertz CT molecular complexity index is 958. The summed E-state index contributed by atoms with van der Waals surface area (Å²) in [4.78, 5) is 12.2. The van der Waals surface area contributed by atoms with Crippen molar-refractivity contribution in [2.75, 3.05) is 20.0 Å². The summed E-state index contributed by atoms with van der Waals surface area (Å²) in [5, 5.41) is 12.0. The fourth-order valence-electron chi connectivity index (χ4n) is 2.62. The number of hydrogen-bond acceptors (Lipinski definition) is 6. The van der Waals surface area contributed by atoms with Gasteiger partial charge in [-0.1, -0.05) is 36.0 Å². The van der Waals surface area contributed by atoms with Crippen LogP contribution < -0.4 is 14.8 Å². The third-order valence-corrected chi connectivity index (χ3v) is 5.14. The number of nitrogens with zero attached hydrogens (tertiary/aromatic N) is 3. The Balaban J connectivity index is 1.57. The van der Waals surface area contributed by atoms with Gasteiger partial charge in [0.2, 0.25) is 5.91 Å². The second-order valence-electron chi connectivity index (χ2n) is 6.01. The number of amides is 1. The first-order valence-corrected chi connectivity index (χ1v) is 9.65. The van der Waals surface area contributed by atoms with Crippen LogP contribution in [0.2, 0.25) is 0 Å². The highest BCUT2D eigenvalue weighted by atomic mass is 32.2. The lowest BCUT2D eigenvalue weighted by Crippen LogP contribution is -2.24. The average molecular weight is 398 g/mol. The molecule has 0 radical (unpaired) electrons. The maximum Gasteiger partial charge on any atom is 0.230 e. The van der Waals surface area contributed by atoms with Gasteiger partial charge in [-0.15, -0.1) is 10.2 Å². The molecule has 0 saturated carbocycles. The smallest absolute Gasteiger partial charge is 0.230 e. The van der Waals surface area contributed by atoms with E-state index < -0.39 is 0 Å². The molecule has 8 heteroatoms. The average Bonchev–Trinajstić information content (AvgIpc) is 3.11. The molecule has 0 fully saturated rings. The second-order valence-corrected chi connectivity index (χ2v) is 6.96. The topological polar surface area (TPSA) is 78.3 Å². The van der Waals surface area contributed by atoms with E-state index in [1.165, 1.54) is 11.8 Å². The summed E-state index contributed by atoms with van der Waals surface area (Å²) in [7, 11) is 5.13. The highest BCUT2D eigenvalue weighted by molar-refractivity contribution is 7.99. The van der Waals surface area contributed by atoms with Crippen molar-refractivity contribution in [3.8, 4) is 22.9 Å². The van der Waals surface area contributed by atoms with Crippen LogP contribution in [0.5, 0.6) is 11.5 Å². The van der Waals surface area contributed by atoms with Gasteiger partial charge in [-0.25, -0.2) is 0 Å². The zero-order valence-electron chi connectivity index (χ0n) is 16.0. The zero-order chi connectivity index (χ0) is 19.9.